The molecule has 0 aromatic carbocycles. The fraction of sp³-hybridized carbons (Fsp3) is 0.545. The molecule has 110 valence electrons. The lowest BCUT2D eigenvalue weighted by Gasteiger charge is -2.25. The van der Waals surface area contributed by atoms with E-state index in [0.29, 0.717) is 0 Å². The Morgan fingerprint density at radius 1 is 1.05 bits per heavy atom. The lowest BCUT2D eigenvalue weighted by Crippen LogP contribution is -2.44. The van der Waals surface area contributed by atoms with Crippen LogP contribution in [0.4, 0.5) is 0 Å². The van der Waals surface area contributed by atoms with E-state index in [2.05, 4.69) is 0 Å². The zero-order valence-electron chi connectivity index (χ0n) is 11.2. The second kappa shape index (κ2) is 4.98. The molecule has 8 nitrogen and oxygen atoms in total. The molecule has 0 radical (unpaired) electrons. The number of carbonyl (C=O) groups excluding carboxylic acids is 1. The number of ketones is 1. The molecule has 0 atom stereocenters. The highest BCUT2D eigenvalue weighted by atomic mass is 32.2. The highest BCUT2D eigenvalue weighted by Gasteiger charge is 2.31. The quantitative estimate of drug-likeness (QED) is 0.658. The first-order valence-electron chi connectivity index (χ1n) is 6.03. The van der Waals surface area contributed by atoms with Gasteiger partial charge in [0.15, 0.2) is 4.90 Å². The number of Topliss-reactive ketones (excluding diaryl/α,β-unsaturated/α-hetero) is 1. The van der Waals surface area contributed by atoms with Crippen LogP contribution in [0.1, 0.15) is 12.8 Å². The van der Waals surface area contributed by atoms with Crippen LogP contribution in [0.2, 0.25) is 0 Å². The predicted molar refractivity (Wildman–Crippen MR) is 69.9 cm³/mol. The van der Waals surface area contributed by atoms with E-state index in [0.717, 1.165) is 19.6 Å². The van der Waals surface area contributed by atoms with Gasteiger partial charge in [-0.25, -0.2) is 13.2 Å². The summed E-state index contributed by atoms with van der Waals surface area (Å²) in [5.74, 6) is 0.00446. The summed E-state index contributed by atoms with van der Waals surface area (Å²) in [5.41, 5.74) is -1.45. The van der Waals surface area contributed by atoms with Gasteiger partial charge in [-0.2, -0.15) is 4.31 Å². The summed E-state index contributed by atoms with van der Waals surface area (Å²) in [6, 6.07) is 0. The Hall–Kier alpha value is -1.74. The summed E-state index contributed by atoms with van der Waals surface area (Å²) in [7, 11) is -1.39. The summed E-state index contributed by atoms with van der Waals surface area (Å²) < 4.78 is 27.7. The Kier molecular flexibility index (Phi) is 3.65. The molecule has 1 fully saturated rings. The molecule has 1 aliphatic rings. The number of hydrogen-bond acceptors (Lipinski definition) is 5. The van der Waals surface area contributed by atoms with E-state index in [1.54, 1.807) is 0 Å². The van der Waals surface area contributed by atoms with Gasteiger partial charge in [0.2, 0.25) is 10.0 Å². The molecule has 1 saturated heterocycles. The van der Waals surface area contributed by atoms with Gasteiger partial charge >= 0.3 is 5.69 Å². The molecule has 0 N–H and O–H groups in total. The van der Waals surface area contributed by atoms with E-state index in [-0.39, 0.29) is 31.7 Å². The third-order valence-electron chi connectivity index (χ3n) is 3.31. The van der Waals surface area contributed by atoms with Gasteiger partial charge in [-0.3, -0.25) is 14.2 Å². The van der Waals surface area contributed by atoms with Crippen molar-refractivity contribution in [2.24, 2.45) is 14.1 Å². The molecule has 0 bridgehead atoms. The molecule has 20 heavy (non-hydrogen) atoms. The maximum atomic E-state index is 12.4. The van der Waals surface area contributed by atoms with E-state index in [1.165, 1.54) is 14.1 Å². The van der Waals surface area contributed by atoms with Crippen molar-refractivity contribution in [3.63, 3.8) is 0 Å². The summed E-state index contributed by atoms with van der Waals surface area (Å²) in [5, 5.41) is 0. The third-order valence-corrected chi connectivity index (χ3v) is 5.19. The minimum absolute atomic E-state index is 0.00446. The molecule has 0 spiro atoms. The van der Waals surface area contributed by atoms with Crippen molar-refractivity contribution < 1.29 is 13.2 Å². The van der Waals surface area contributed by atoms with Crippen molar-refractivity contribution in [2.75, 3.05) is 13.1 Å². The van der Waals surface area contributed by atoms with Crippen LogP contribution in [-0.2, 0) is 28.9 Å². The van der Waals surface area contributed by atoms with Crippen molar-refractivity contribution in [3.05, 3.63) is 27.0 Å². The van der Waals surface area contributed by atoms with Crippen molar-refractivity contribution >= 4 is 15.8 Å². The SMILES string of the molecule is Cn1cc(S(=O)(=O)N2CCC(=O)CC2)c(=O)n(C)c1=O. The van der Waals surface area contributed by atoms with Gasteiger partial charge in [-0.1, -0.05) is 0 Å². The lowest BCUT2D eigenvalue weighted by molar-refractivity contribution is -0.120. The summed E-state index contributed by atoms with van der Waals surface area (Å²) in [6.07, 6.45) is 1.31. The Morgan fingerprint density at radius 3 is 2.15 bits per heavy atom. The Bertz CT molecular complexity index is 764. The van der Waals surface area contributed by atoms with Crippen molar-refractivity contribution in [2.45, 2.75) is 17.7 Å². The molecule has 2 heterocycles. The first-order valence-corrected chi connectivity index (χ1v) is 7.47. The summed E-state index contributed by atoms with van der Waals surface area (Å²) in [4.78, 5) is 34.2. The summed E-state index contributed by atoms with van der Waals surface area (Å²) in [6.45, 7) is 0.125. The van der Waals surface area contributed by atoms with Crippen LogP contribution in [0.25, 0.3) is 0 Å². The van der Waals surface area contributed by atoms with E-state index in [1.807, 2.05) is 0 Å². The van der Waals surface area contributed by atoms with Gasteiger partial charge in [0.1, 0.15) is 5.78 Å². The molecule has 0 amide bonds. The Morgan fingerprint density at radius 2 is 1.60 bits per heavy atom. The van der Waals surface area contributed by atoms with Crippen LogP contribution in [0.15, 0.2) is 20.7 Å². The number of nitrogens with zero attached hydrogens (tertiary/aromatic N) is 3. The molecule has 1 aromatic rings. The molecular formula is C11H15N3O5S. The highest BCUT2D eigenvalue weighted by molar-refractivity contribution is 7.89. The van der Waals surface area contributed by atoms with Gasteiger partial charge in [0.05, 0.1) is 0 Å². The Labute approximate surface area is 115 Å². The molecule has 2 rings (SSSR count). The van der Waals surface area contributed by atoms with E-state index < -0.39 is 26.2 Å². The standard InChI is InChI=1S/C11H15N3O5S/c1-12-7-9(10(16)13(2)11(12)17)20(18,19)14-5-3-8(15)4-6-14/h7H,3-6H2,1-2H3. The van der Waals surface area contributed by atoms with Crippen molar-refractivity contribution in [1.29, 1.82) is 0 Å². The number of rotatable bonds is 2. The van der Waals surface area contributed by atoms with Gasteiger partial charge in [0.25, 0.3) is 5.56 Å². The first kappa shape index (κ1) is 14.7. The lowest BCUT2D eigenvalue weighted by atomic mass is 10.1. The number of carbonyl (C=O) groups is 1. The normalized spacial score (nSPS) is 17.4. The number of aromatic nitrogens is 2. The smallest absolute Gasteiger partial charge is 0.302 e. The minimum Gasteiger partial charge on any atom is -0.302 e. The minimum atomic E-state index is -3.99. The fourth-order valence-electron chi connectivity index (χ4n) is 2.07. The molecule has 0 saturated carbocycles. The Balaban J connectivity index is 2.53. The van der Waals surface area contributed by atoms with Gasteiger partial charge in [-0.15, -0.1) is 0 Å². The maximum absolute atomic E-state index is 12.4. The second-order valence-electron chi connectivity index (χ2n) is 4.69. The van der Waals surface area contributed by atoms with Crippen molar-refractivity contribution in [1.82, 2.24) is 13.4 Å². The van der Waals surface area contributed by atoms with Gasteiger partial charge in [0, 0.05) is 46.2 Å². The third kappa shape index (κ3) is 2.34. The van der Waals surface area contributed by atoms with Crippen LogP contribution < -0.4 is 11.2 Å². The van der Waals surface area contributed by atoms with E-state index >= 15 is 0 Å². The average molecular weight is 301 g/mol. The van der Waals surface area contributed by atoms with Gasteiger partial charge in [-0.05, 0) is 0 Å². The van der Waals surface area contributed by atoms with Gasteiger partial charge < -0.3 is 4.57 Å². The summed E-state index contributed by atoms with van der Waals surface area (Å²) >= 11 is 0. The van der Waals surface area contributed by atoms with Crippen LogP contribution in [0.5, 0.6) is 0 Å². The van der Waals surface area contributed by atoms with Crippen molar-refractivity contribution in [3.8, 4) is 0 Å². The highest BCUT2D eigenvalue weighted by Crippen LogP contribution is 2.15. The molecule has 0 aliphatic carbocycles. The maximum Gasteiger partial charge on any atom is 0.330 e. The molecular weight excluding hydrogens is 286 g/mol. The number of piperidine rings is 1. The topological polar surface area (TPSA) is 98.4 Å². The molecule has 1 aromatic heterocycles. The zero-order valence-corrected chi connectivity index (χ0v) is 12.0. The average Bonchev–Trinajstić information content (AvgIpc) is 2.41. The van der Waals surface area contributed by atoms with Crippen LogP contribution >= 0.6 is 0 Å². The second-order valence-corrected chi connectivity index (χ2v) is 6.60. The zero-order chi connectivity index (χ0) is 15.1. The molecule has 1 aliphatic heterocycles. The first-order chi connectivity index (χ1) is 9.25. The molecule has 9 heteroatoms. The van der Waals surface area contributed by atoms with E-state index in [9.17, 15) is 22.8 Å². The largest absolute Gasteiger partial charge is 0.330 e. The van der Waals surface area contributed by atoms with E-state index in [4.69, 9.17) is 0 Å². The predicted octanol–water partition coefficient (Wildman–Crippen LogP) is -1.56. The van der Waals surface area contributed by atoms with Crippen LogP contribution in [0.3, 0.4) is 0 Å². The number of aryl methyl sites for hydroxylation is 1. The fourth-order valence-corrected chi connectivity index (χ4v) is 3.66. The number of hydrogen-bond donors (Lipinski definition) is 0. The molecule has 0 unspecified atom stereocenters. The van der Waals surface area contributed by atoms with Crippen LogP contribution in [-0.4, -0.2) is 40.7 Å². The van der Waals surface area contributed by atoms with Crippen LogP contribution in [0, 0.1) is 0 Å². The monoisotopic (exact) mass is 301 g/mol. The number of sulfonamides is 1.